The van der Waals surface area contributed by atoms with E-state index in [1.54, 1.807) is 6.92 Å². The lowest BCUT2D eigenvalue weighted by molar-refractivity contribution is -0.144. The molecule has 0 amide bonds. The highest BCUT2D eigenvalue weighted by Gasteiger charge is 2.26. The van der Waals surface area contributed by atoms with E-state index in [0.717, 1.165) is 6.42 Å². The molecule has 1 rings (SSSR count). The Bertz CT molecular complexity index is 567. The van der Waals surface area contributed by atoms with Crippen molar-refractivity contribution in [2.75, 3.05) is 12.3 Å². The van der Waals surface area contributed by atoms with Crippen molar-refractivity contribution in [2.45, 2.75) is 44.7 Å². The maximum atomic E-state index is 12.1. The zero-order valence-corrected chi connectivity index (χ0v) is 12.6. The Morgan fingerprint density at radius 3 is 2.75 bits per heavy atom. The molecule has 1 aromatic rings. The molecule has 1 unspecified atom stereocenters. The summed E-state index contributed by atoms with van der Waals surface area (Å²) in [6, 6.07) is -0.992. The molecule has 0 aliphatic rings. The molecule has 0 aliphatic heterocycles. The summed E-state index contributed by atoms with van der Waals surface area (Å²) in [4.78, 5) is 11.3. The topological polar surface area (TPSA) is 116 Å². The van der Waals surface area contributed by atoms with Crippen LogP contribution in [0.1, 0.15) is 27.2 Å². The van der Waals surface area contributed by atoms with Crippen LogP contribution in [0.2, 0.25) is 0 Å². The molecule has 0 bridgehead atoms. The van der Waals surface area contributed by atoms with Crippen molar-refractivity contribution in [1.29, 1.82) is 0 Å². The van der Waals surface area contributed by atoms with Crippen LogP contribution in [0.25, 0.3) is 0 Å². The number of esters is 1. The van der Waals surface area contributed by atoms with E-state index in [-0.39, 0.29) is 17.3 Å². The minimum absolute atomic E-state index is 0.0954. The molecule has 0 saturated carbocycles. The lowest BCUT2D eigenvalue weighted by Gasteiger charge is -2.12. The second-order valence-electron chi connectivity index (χ2n) is 4.24. The Morgan fingerprint density at radius 2 is 2.20 bits per heavy atom. The molecular weight excluding hydrogens is 284 g/mol. The second-order valence-corrected chi connectivity index (χ2v) is 5.92. The standard InChI is InChI=1S/C11H20N4O4S/c1-4-6-15-7-9(10(12)13-15)20(17,18)14-8(3)11(16)19-5-2/h7-8,14H,4-6H2,1-3H3,(H2,12,13). The van der Waals surface area contributed by atoms with Gasteiger partial charge in [0, 0.05) is 12.7 Å². The average molecular weight is 304 g/mol. The fraction of sp³-hybridized carbons (Fsp3) is 0.636. The molecular formula is C11H20N4O4S. The molecule has 1 aromatic heterocycles. The molecule has 0 saturated heterocycles. The molecule has 8 nitrogen and oxygen atoms in total. The number of nitrogens with two attached hydrogens (primary N) is 1. The SMILES string of the molecule is CCCn1cc(S(=O)(=O)NC(C)C(=O)OCC)c(N)n1. The van der Waals surface area contributed by atoms with Gasteiger partial charge >= 0.3 is 5.97 Å². The number of aromatic nitrogens is 2. The van der Waals surface area contributed by atoms with E-state index in [1.165, 1.54) is 17.8 Å². The number of carbonyl (C=O) groups is 1. The van der Waals surface area contributed by atoms with Gasteiger partial charge in [-0.05, 0) is 20.3 Å². The molecule has 0 radical (unpaired) electrons. The van der Waals surface area contributed by atoms with Crippen LogP contribution in [0.4, 0.5) is 5.82 Å². The summed E-state index contributed by atoms with van der Waals surface area (Å²) in [5.41, 5.74) is 5.60. The molecule has 1 heterocycles. The Balaban J connectivity index is 2.91. The number of hydrogen-bond acceptors (Lipinski definition) is 6. The zero-order chi connectivity index (χ0) is 15.3. The van der Waals surface area contributed by atoms with E-state index < -0.39 is 22.0 Å². The van der Waals surface area contributed by atoms with Crippen LogP contribution in [-0.4, -0.2) is 36.8 Å². The largest absolute Gasteiger partial charge is 0.465 e. The first kappa shape index (κ1) is 16.4. The van der Waals surface area contributed by atoms with Crippen molar-refractivity contribution in [1.82, 2.24) is 14.5 Å². The number of nitrogens with one attached hydrogen (secondary N) is 1. The van der Waals surface area contributed by atoms with Gasteiger partial charge in [-0.15, -0.1) is 0 Å². The van der Waals surface area contributed by atoms with Gasteiger partial charge in [0.1, 0.15) is 10.9 Å². The van der Waals surface area contributed by atoms with Crippen molar-refractivity contribution in [2.24, 2.45) is 0 Å². The number of anilines is 1. The normalized spacial score (nSPS) is 13.2. The van der Waals surface area contributed by atoms with Crippen molar-refractivity contribution in [3.8, 4) is 0 Å². The van der Waals surface area contributed by atoms with Gasteiger partial charge < -0.3 is 10.5 Å². The number of sulfonamides is 1. The third-order valence-corrected chi connectivity index (χ3v) is 4.03. The van der Waals surface area contributed by atoms with Gasteiger partial charge in [0.2, 0.25) is 10.0 Å². The number of nitrogens with zero attached hydrogens (tertiary/aromatic N) is 2. The summed E-state index contributed by atoms with van der Waals surface area (Å²) < 4.78 is 32.7. The van der Waals surface area contributed by atoms with E-state index >= 15 is 0 Å². The van der Waals surface area contributed by atoms with Gasteiger partial charge in [-0.1, -0.05) is 6.92 Å². The first-order valence-electron chi connectivity index (χ1n) is 6.33. The first-order valence-corrected chi connectivity index (χ1v) is 7.82. The monoisotopic (exact) mass is 304 g/mol. The van der Waals surface area contributed by atoms with Gasteiger partial charge in [-0.2, -0.15) is 9.82 Å². The highest BCUT2D eigenvalue weighted by molar-refractivity contribution is 7.89. The Labute approximate surface area is 118 Å². The summed E-state index contributed by atoms with van der Waals surface area (Å²) in [7, 11) is -3.91. The maximum Gasteiger partial charge on any atom is 0.323 e. The lowest BCUT2D eigenvalue weighted by atomic mass is 10.4. The van der Waals surface area contributed by atoms with Crippen molar-refractivity contribution in [3.63, 3.8) is 0 Å². The quantitative estimate of drug-likeness (QED) is 0.690. The summed E-state index contributed by atoms with van der Waals surface area (Å²) in [6.07, 6.45) is 2.15. The minimum atomic E-state index is -3.91. The van der Waals surface area contributed by atoms with Gasteiger partial charge in [-0.25, -0.2) is 8.42 Å². The molecule has 20 heavy (non-hydrogen) atoms. The Hall–Kier alpha value is -1.61. The predicted octanol–water partition coefficient (Wildman–Crippen LogP) is 0.105. The molecule has 114 valence electrons. The summed E-state index contributed by atoms with van der Waals surface area (Å²) in [6.45, 7) is 5.73. The van der Waals surface area contributed by atoms with E-state index in [1.807, 2.05) is 6.92 Å². The van der Waals surface area contributed by atoms with E-state index in [9.17, 15) is 13.2 Å². The number of rotatable bonds is 7. The Morgan fingerprint density at radius 1 is 1.55 bits per heavy atom. The van der Waals surface area contributed by atoms with Crippen LogP contribution < -0.4 is 10.5 Å². The predicted molar refractivity (Wildman–Crippen MR) is 73.3 cm³/mol. The van der Waals surface area contributed by atoms with Gasteiger partial charge in [-0.3, -0.25) is 9.48 Å². The number of hydrogen-bond donors (Lipinski definition) is 2. The Kier molecular flexibility index (Phi) is 5.52. The van der Waals surface area contributed by atoms with Gasteiger partial charge in [0.25, 0.3) is 0 Å². The molecule has 9 heteroatoms. The number of carbonyl (C=O) groups excluding carboxylic acids is 1. The first-order chi connectivity index (χ1) is 9.31. The third kappa shape index (κ3) is 3.94. The van der Waals surface area contributed by atoms with Crippen LogP contribution in [0.15, 0.2) is 11.1 Å². The average Bonchev–Trinajstić information content (AvgIpc) is 2.71. The molecule has 0 spiro atoms. The van der Waals surface area contributed by atoms with E-state index in [4.69, 9.17) is 10.5 Å². The number of aryl methyl sites for hydroxylation is 1. The second kappa shape index (κ2) is 6.71. The third-order valence-electron chi connectivity index (χ3n) is 2.47. The smallest absolute Gasteiger partial charge is 0.323 e. The molecule has 0 fully saturated rings. The number of nitrogen functional groups attached to an aromatic ring is 1. The minimum Gasteiger partial charge on any atom is -0.465 e. The van der Waals surface area contributed by atoms with Crippen LogP contribution in [0, 0.1) is 0 Å². The van der Waals surface area contributed by atoms with E-state index in [0.29, 0.717) is 6.54 Å². The summed E-state index contributed by atoms with van der Waals surface area (Å²) in [5.74, 6) is -0.738. The van der Waals surface area contributed by atoms with Crippen molar-refractivity contribution in [3.05, 3.63) is 6.20 Å². The highest BCUT2D eigenvalue weighted by atomic mass is 32.2. The van der Waals surface area contributed by atoms with Crippen LogP contribution >= 0.6 is 0 Å². The van der Waals surface area contributed by atoms with Crippen LogP contribution in [0.5, 0.6) is 0 Å². The fourth-order valence-corrected chi connectivity index (χ4v) is 2.85. The highest BCUT2D eigenvalue weighted by Crippen LogP contribution is 2.16. The number of ether oxygens (including phenoxy) is 1. The maximum absolute atomic E-state index is 12.1. The van der Waals surface area contributed by atoms with E-state index in [2.05, 4.69) is 9.82 Å². The molecule has 3 N–H and O–H groups in total. The van der Waals surface area contributed by atoms with Crippen LogP contribution in [-0.2, 0) is 26.1 Å². The molecule has 0 aliphatic carbocycles. The molecule has 1 atom stereocenters. The van der Waals surface area contributed by atoms with Gasteiger partial charge in [0.15, 0.2) is 5.82 Å². The van der Waals surface area contributed by atoms with Crippen molar-refractivity contribution < 1.29 is 17.9 Å². The summed E-state index contributed by atoms with van der Waals surface area (Å²) in [5, 5.41) is 3.91. The lowest BCUT2D eigenvalue weighted by Crippen LogP contribution is -2.39. The van der Waals surface area contributed by atoms with Crippen LogP contribution in [0.3, 0.4) is 0 Å². The van der Waals surface area contributed by atoms with Gasteiger partial charge in [0.05, 0.1) is 6.61 Å². The molecule has 0 aromatic carbocycles. The zero-order valence-electron chi connectivity index (χ0n) is 11.8. The fourth-order valence-electron chi connectivity index (χ4n) is 1.58. The summed E-state index contributed by atoms with van der Waals surface area (Å²) >= 11 is 0. The van der Waals surface area contributed by atoms with Crippen molar-refractivity contribution >= 4 is 21.8 Å².